The Morgan fingerprint density at radius 2 is 1.20 bits per heavy atom. The molecule has 1 heterocycles. The molecule has 3 aromatic carbocycles. The number of hydrogen-bond donors (Lipinski definition) is 1. The minimum Gasteiger partial charge on any atom is -0.468 e. The Hall–Kier alpha value is -3.12. The van der Waals surface area contributed by atoms with Crippen molar-refractivity contribution in [1.29, 1.82) is 0 Å². The van der Waals surface area contributed by atoms with Gasteiger partial charge < -0.3 is 14.2 Å². The maximum Gasteiger partial charge on any atom is 0.490 e. The Morgan fingerprint density at radius 3 is 1.55 bits per heavy atom. The topological polar surface area (TPSA) is 96.0 Å². The van der Waals surface area contributed by atoms with E-state index in [1.54, 1.807) is 12.1 Å². The molecule has 304 valence electrons. The second-order valence-electron chi connectivity index (χ2n) is 9.17. The van der Waals surface area contributed by atoms with Crippen LogP contribution in [0.5, 0.6) is 0 Å². The molecule has 7 nitrogen and oxygen atoms in total. The zero-order valence-corrected chi connectivity index (χ0v) is 33.4. The van der Waals surface area contributed by atoms with Gasteiger partial charge in [0.1, 0.15) is 16.5 Å². The molecule has 0 aliphatic heterocycles. The zero-order chi connectivity index (χ0) is 43.1. The van der Waals surface area contributed by atoms with E-state index < -0.39 is 58.1 Å². The first-order chi connectivity index (χ1) is 25.1. The van der Waals surface area contributed by atoms with Crippen LogP contribution in [0.1, 0.15) is 25.6 Å². The number of methoxy groups -OCH3 is 3. The second kappa shape index (κ2) is 23.2. The number of esters is 3. The first-order valence-electron chi connectivity index (χ1n) is 13.5. The molecular weight excluding hydrogens is 991 g/mol. The molecule has 0 unspecified atom stereocenters. The van der Waals surface area contributed by atoms with Gasteiger partial charge in [-0.15, -0.1) is 11.3 Å². The number of carbonyl (C=O) groups is 4. The predicted octanol–water partition coefficient (Wildman–Crippen LogP) is 11.5. The minimum atomic E-state index is -5.07. The van der Waals surface area contributed by atoms with Crippen LogP contribution in [0, 0.1) is 15.2 Å². The maximum atomic E-state index is 13.0. The number of alkyl halides is 9. The van der Waals surface area contributed by atoms with Crippen LogP contribution in [0.25, 0.3) is 10.1 Å². The Balaban J connectivity index is 0.000000703. The monoisotopic (exact) mass is 1010 g/mol. The van der Waals surface area contributed by atoms with E-state index >= 15 is 0 Å². The van der Waals surface area contributed by atoms with Crippen LogP contribution in [0.15, 0.2) is 54.6 Å². The van der Waals surface area contributed by atoms with Crippen molar-refractivity contribution in [2.75, 3.05) is 27.1 Å². The molecule has 0 bridgehead atoms. The highest BCUT2D eigenvalue weighted by molar-refractivity contribution is 14.1. The van der Waals surface area contributed by atoms with Crippen molar-refractivity contribution < 1.29 is 81.7 Å². The van der Waals surface area contributed by atoms with Gasteiger partial charge in [-0.2, -0.15) is 52.1 Å². The Bertz CT molecular complexity index is 1930. The van der Waals surface area contributed by atoms with Gasteiger partial charge in [0, 0.05) is 28.7 Å². The lowest BCUT2D eigenvalue weighted by atomic mass is 10.1. The van der Waals surface area contributed by atoms with Gasteiger partial charge in [-0.3, -0.25) is 9.59 Å². The van der Waals surface area contributed by atoms with Crippen LogP contribution in [0.2, 0.25) is 15.1 Å². The van der Waals surface area contributed by atoms with Crippen molar-refractivity contribution in [2.24, 2.45) is 0 Å². The molecule has 0 aliphatic carbocycles. The van der Waals surface area contributed by atoms with E-state index in [1.165, 1.54) is 31.4 Å². The summed E-state index contributed by atoms with van der Waals surface area (Å²) < 4.78 is 146. The fourth-order valence-corrected chi connectivity index (χ4v) is 5.26. The van der Waals surface area contributed by atoms with E-state index in [0.717, 1.165) is 24.5 Å². The van der Waals surface area contributed by atoms with Gasteiger partial charge >= 0.3 is 36.4 Å². The molecule has 1 aromatic heterocycles. The van der Waals surface area contributed by atoms with Crippen molar-refractivity contribution in [2.45, 2.75) is 18.5 Å². The lowest BCUT2D eigenvalue weighted by molar-refractivity contribution is -0.196. The number of hydrogen-bond acceptors (Lipinski definition) is 9. The van der Waals surface area contributed by atoms with E-state index in [0.29, 0.717) is 37.6 Å². The van der Waals surface area contributed by atoms with Crippen LogP contribution in [0.4, 0.5) is 48.3 Å². The SMILES string of the molecule is COC(=O)C(F)(F)F.COC(=O)CS.COC(=O)c1sc2cc(Cl)ccc2c1C(F)(F)F.Fc1cc(Cl)ccc1I.O=C(c1ccc(Cl)cc1F)C(F)(F)F. The molecule has 4 rings (SSSR count). The minimum absolute atomic E-state index is 0.0442. The first-order valence-corrected chi connectivity index (χ1v) is 17.2. The van der Waals surface area contributed by atoms with Crippen LogP contribution in [-0.2, 0) is 30.0 Å². The van der Waals surface area contributed by atoms with Crippen LogP contribution in [0.3, 0.4) is 0 Å². The number of thiophene rings is 1. The summed E-state index contributed by atoms with van der Waals surface area (Å²) in [5, 5.41) is 0.639. The molecular formula is C31H21Cl3F11IO7S2. The van der Waals surface area contributed by atoms with E-state index in [4.69, 9.17) is 34.8 Å². The predicted molar refractivity (Wildman–Crippen MR) is 193 cm³/mol. The summed E-state index contributed by atoms with van der Waals surface area (Å²) in [5.41, 5.74) is -1.99. The maximum absolute atomic E-state index is 13.0. The largest absolute Gasteiger partial charge is 0.490 e. The molecule has 24 heteroatoms. The molecule has 0 saturated heterocycles. The Kier molecular flexibility index (Phi) is 21.9. The summed E-state index contributed by atoms with van der Waals surface area (Å²) in [5.74, 6) is -7.05. The average molecular weight is 1010 g/mol. The van der Waals surface area contributed by atoms with E-state index in [2.05, 4.69) is 26.8 Å². The number of carbonyl (C=O) groups excluding carboxylic acids is 4. The molecule has 0 atom stereocenters. The number of thiol groups is 1. The van der Waals surface area contributed by atoms with Gasteiger partial charge in [0.2, 0.25) is 0 Å². The van der Waals surface area contributed by atoms with Gasteiger partial charge in [-0.25, -0.2) is 18.4 Å². The summed E-state index contributed by atoms with van der Waals surface area (Å²) in [6, 6.07) is 11.0. The number of benzene rings is 3. The van der Waals surface area contributed by atoms with Gasteiger partial charge in [-0.05, 0) is 71.1 Å². The molecule has 4 aromatic rings. The summed E-state index contributed by atoms with van der Waals surface area (Å²) in [6.07, 6.45) is -14.5. The van der Waals surface area contributed by atoms with Gasteiger partial charge in [0.25, 0.3) is 5.78 Å². The normalized spacial score (nSPS) is 10.8. The molecule has 0 spiro atoms. The second-order valence-corrected chi connectivity index (χ2v) is 13.0. The lowest BCUT2D eigenvalue weighted by Gasteiger charge is -2.07. The molecule has 0 fully saturated rings. The summed E-state index contributed by atoms with van der Waals surface area (Å²) in [7, 11) is 3.05. The highest BCUT2D eigenvalue weighted by Crippen LogP contribution is 2.43. The number of ether oxygens (including phenoxy) is 3. The van der Waals surface area contributed by atoms with E-state index in [-0.39, 0.29) is 27.9 Å². The number of ketones is 1. The third-order valence-corrected chi connectivity index (χ3v) is 8.37. The third kappa shape index (κ3) is 18.1. The van der Waals surface area contributed by atoms with Gasteiger partial charge in [-0.1, -0.05) is 40.9 Å². The molecule has 0 radical (unpaired) electrons. The fraction of sp³-hybridized carbons (Fsp3) is 0.226. The Labute approximate surface area is 341 Å². The molecule has 0 aliphatic rings. The van der Waals surface area contributed by atoms with Crippen LogP contribution >= 0.6 is 81.4 Å². The van der Waals surface area contributed by atoms with E-state index in [9.17, 15) is 67.5 Å². The number of Topliss-reactive ketones (excluding diaryl/α,β-unsaturated/α-hetero) is 1. The molecule has 55 heavy (non-hydrogen) atoms. The first kappa shape index (κ1) is 51.9. The molecule has 0 N–H and O–H groups in total. The summed E-state index contributed by atoms with van der Waals surface area (Å²) in [6.45, 7) is 0. The highest BCUT2D eigenvalue weighted by atomic mass is 127. The standard InChI is InChI=1S/C11H6ClF3O2S.C8H3ClF4O.C6H3ClFI.C3H3F3O2.C3H6O2S/c1-17-10(16)9-8(11(13,14)15)6-3-2-5(12)4-7(6)18-9;9-4-1-2-5(6(10)3-4)7(14)8(11,12)13;7-4-1-2-6(9)5(8)3-4;1-8-2(7)3(4,5)6;1-5-3(4)2-6/h2-4H,1H3;1-3H;1-3H;1H3;6H,2H2,1H3. The summed E-state index contributed by atoms with van der Waals surface area (Å²) in [4.78, 5) is 40.9. The number of fused-ring (bicyclic) bond motifs is 1. The van der Waals surface area contributed by atoms with Crippen LogP contribution in [-0.4, -0.2) is 63.1 Å². The summed E-state index contributed by atoms with van der Waals surface area (Å²) >= 11 is 22.7. The van der Waals surface area contributed by atoms with E-state index in [1.807, 2.05) is 22.6 Å². The van der Waals surface area contributed by atoms with Gasteiger partial charge in [0.05, 0.1) is 38.2 Å². The smallest absolute Gasteiger partial charge is 0.468 e. The van der Waals surface area contributed by atoms with Crippen molar-refractivity contribution >= 4 is 115 Å². The number of halogens is 15. The fourth-order valence-electron chi connectivity index (χ4n) is 3.07. The van der Waals surface area contributed by atoms with Crippen molar-refractivity contribution in [3.63, 3.8) is 0 Å². The lowest BCUT2D eigenvalue weighted by Crippen LogP contribution is -2.23. The Morgan fingerprint density at radius 1 is 0.709 bits per heavy atom. The van der Waals surface area contributed by atoms with Crippen molar-refractivity contribution in [3.05, 3.63) is 101 Å². The zero-order valence-electron chi connectivity index (χ0n) is 27.3. The number of rotatable bonds is 3. The van der Waals surface area contributed by atoms with Crippen LogP contribution < -0.4 is 0 Å². The van der Waals surface area contributed by atoms with Crippen molar-refractivity contribution in [1.82, 2.24) is 0 Å². The molecule has 0 amide bonds. The third-order valence-electron chi connectivity index (χ3n) is 5.39. The van der Waals surface area contributed by atoms with Gasteiger partial charge in [0.15, 0.2) is 0 Å². The quantitative estimate of drug-likeness (QED) is 0.0415. The molecule has 0 saturated carbocycles. The highest BCUT2D eigenvalue weighted by Gasteiger charge is 2.41. The van der Waals surface area contributed by atoms with Crippen molar-refractivity contribution in [3.8, 4) is 0 Å². The average Bonchev–Trinajstić information content (AvgIpc) is 3.48.